The number of aliphatic hydroxyl groups excluding tert-OH is 1. The molecule has 24 heavy (non-hydrogen) atoms. The van der Waals surface area contributed by atoms with E-state index in [1.165, 1.54) is 12.1 Å². The van der Waals surface area contributed by atoms with Gasteiger partial charge in [0.2, 0.25) is 0 Å². The minimum atomic E-state index is -0.662. The molecule has 0 saturated carbocycles. The number of carbonyl (C=O) groups is 1. The molecule has 0 radical (unpaired) electrons. The van der Waals surface area contributed by atoms with Crippen LogP contribution < -0.4 is 0 Å². The summed E-state index contributed by atoms with van der Waals surface area (Å²) in [6, 6.07) is 7.28. The van der Waals surface area contributed by atoms with Gasteiger partial charge >= 0.3 is 0 Å². The number of H-pyrrole nitrogens is 1. The first-order valence-electron chi connectivity index (χ1n) is 6.71. The third kappa shape index (κ3) is 3.79. The molecule has 6 nitrogen and oxygen atoms in total. The van der Waals surface area contributed by atoms with Crippen LogP contribution in [0, 0.1) is 21.7 Å². The maximum absolute atomic E-state index is 12.8. The van der Waals surface area contributed by atoms with E-state index in [4.69, 9.17) is 5.11 Å². The minimum absolute atomic E-state index is 0.0139. The highest BCUT2D eigenvalue weighted by atomic mass is 19.1. The second-order valence-corrected chi connectivity index (χ2v) is 4.74. The first kappa shape index (κ1) is 17.2. The van der Waals surface area contributed by atoms with Crippen LogP contribution in [0.1, 0.15) is 15.9 Å². The largest absolute Gasteiger partial charge is 0.391 e. The third-order valence-corrected chi connectivity index (χ3v) is 3.19. The maximum Gasteiger partial charge on any atom is 0.275 e. The number of hydrogen-bond acceptors (Lipinski definition) is 4. The fourth-order valence-corrected chi connectivity index (χ4v) is 2.11. The Morgan fingerprint density at radius 3 is 2.54 bits per heavy atom. The van der Waals surface area contributed by atoms with Crippen molar-refractivity contribution in [1.82, 2.24) is 4.98 Å². The van der Waals surface area contributed by atoms with Crippen LogP contribution in [0.4, 0.5) is 14.5 Å². The van der Waals surface area contributed by atoms with Gasteiger partial charge in [-0.2, -0.15) is 0 Å². The van der Waals surface area contributed by atoms with Crippen LogP contribution in [0.15, 0.2) is 42.6 Å². The summed E-state index contributed by atoms with van der Waals surface area (Å²) in [6.07, 6.45) is 2.32. The van der Waals surface area contributed by atoms with Gasteiger partial charge in [-0.25, -0.2) is 8.78 Å². The van der Waals surface area contributed by atoms with E-state index >= 15 is 0 Å². The number of aromatic nitrogens is 1. The molecule has 0 atom stereocenters. The number of benzene rings is 2. The molecule has 0 aliphatic carbocycles. The number of rotatable bonds is 3. The summed E-state index contributed by atoms with van der Waals surface area (Å²) >= 11 is 0. The standard InChI is InChI=1S/C9H6FNO.C7H6FNO3/c10-8-3-6-1-2-11-9(6)7(4-8)5-12;8-6-1-2-7(9(11)12)5(3-6)4-10/h1-5,11H;1-3,10H,4H2. The van der Waals surface area contributed by atoms with Gasteiger partial charge in [-0.15, -0.1) is 0 Å². The number of fused-ring (bicyclic) bond motifs is 1. The summed E-state index contributed by atoms with van der Waals surface area (Å²) in [7, 11) is 0. The predicted molar refractivity (Wildman–Crippen MR) is 82.6 cm³/mol. The molecule has 1 aromatic heterocycles. The number of aldehydes is 1. The monoisotopic (exact) mass is 334 g/mol. The van der Waals surface area contributed by atoms with Gasteiger partial charge in [0.15, 0.2) is 6.29 Å². The van der Waals surface area contributed by atoms with E-state index in [2.05, 4.69) is 4.98 Å². The van der Waals surface area contributed by atoms with Crippen molar-refractivity contribution in [3.8, 4) is 0 Å². The quantitative estimate of drug-likeness (QED) is 0.436. The molecule has 0 fully saturated rings. The average Bonchev–Trinajstić information content (AvgIpc) is 3.02. The van der Waals surface area contributed by atoms with E-state index in [-0.39, 0.29) is 17.1 Å². The third-order valence-electron chi connectivity index (χ3n) is 3.19. The van der Waals surface area contributed by atoms with E-state index in [1.54, 1.807) is 12.3 Å². The van der Waals surface area contributed by atoms with Crippen molar-refractivity contribution in [1.29, 1.82) is 0 Å². The number of aliphatic hydroxyl groups is 1. The lowest BCUT2D eigenvalue weighted by Crippen LogP contribution is -1.95. The average molecular weight is 334 g/mol. The zero-order chi connectivity index (χ0) is 17.7. The molecule has 1 heterocycles. The van der Waals surface area contributed by atoms with Crippen LogP contribution in [0.5, 0.6) is 0 Å². The molecular formula is C16H12F2N2O4. The molecule has 124 valence electrons. The van der Waals surface area contributed by atoms with Gasteiger partial charge in [-0.3, -0.25) is 14.9 Å². The Morgan fingerprint density at radius 1 is 1.17 bits per heavy atom. The van der Waals surface area contributed by atoms with Crippen LogP contribution in [-0.2, 0) is 6.61 Å². The van der Waals surface area contributed by atoms with Crippen molar-refractivity contribution in [2.75, 3.05) is 0 Å². The fraction of sp³-hybridized carbons (Fsp3) is 0.0625. The summed E-state index contributed by atoms with van der Waals surface area (Å²) in [5.74, 6) is -0.978. The molecule has 2 aromatic carbocycles. The molecule has 3 rings (SSSR count). The Balaban J connectivity index is 0.000000174. The molecule has 0 saturated heterocycles. The normalized spacial score (nSPS) is 10.1. The second-order valence-electron chi connectivity index (χ2n) is 4.74. The van der Waals surface area contributed by atoms with Crippen molar-refractivity contribution < 1.29 is 23.6 Å². The molecule has 0 unspecified atom stereocenters. The minimum Gasteiger partial charge on any atom is -0.391 e. The maximum atomic E-state index is 12.8. The zero-order valence-electron chi connectivity index (χ0n) is 12.2. The summed E-state index contributed by atoms with van der Waals surface area (Å²) in [5, 5.41) is 19.6. The van der Waals surface area contributed by atoms with Gasteiger partial charge in [-0.1, -0.05) is 0 Å². The lowest BCUT2D eigenvalue weighted by Gasteiger charge is -1.97. The molecule has 0 bridgehead atoms. The van der Waals surface area contributed by atoms with Crippen molar-refractivity contribution in [3.05, 3.63) is 75.5 Å². The number of halogens is 2. The number of carbonyl (C=O) groups excluding carboxylic acids is 1. The molecule has 0 amide bonds. The number of hydrogen-bond donors (Lipinski definition) is 2. The van der Waals surface area contributed by atoms with E-state index in [0.29, 0.717) is 17.4 Å². The predicted octanol–water partition coefficient (Wildman–Crippen LogP) is 3.35. The molecular weight excluding hydrogens is 322 g/mol. The molecule has 0 aliphatic rings. The van der Waals surface area contributed by atoms with Crippen molar-refractivity contribution in [3.63, 3.8) is 0 Å². The Bertz CT molecular complexity index is 893. The molecule has 2 N–H and O–H groups in total. The fourth-order valence-electron chi connectivity index (χ4n) is 2.11. The second kappa shape index (κ2) is 7.42. The molecule has 0 aliphatic heterocycles. The highest BCUT2D eigenvalue weighted by molar-refractivity contribution is 5.95. The number of aromatic amines is 1. The van der Waals surface area contributed by atoms with Gasteiger partial charge in [-0.05, 0) is 30.3 Å². The highest BCUT2D eigenvalue weighted by Crippen LogP contribution is 2.19. The van der Waals surface area contributed by atoms with Crippen LogP contribution in [-0.4, -0.2) is 21.3 Å². The number of nitro groups is 1. The molecule has 8 heteroatoms. The van der Waals surface area contributed by atoms with Crippen molar-refractivity contribution in [2.24, 2.45) is 0 Å². The first-order chi connectivity index (χ1) is 11.5. The smallest absolute Gasteiger partial charge is 0.275 e. The lowest BCUT2D eigenvalue weighted by atomic mass is 10.1. The van der Waals surface area contributed by atoms with Gasteiger partial charge in [0.1, 0.15) is 11.6 Å². The SMILES string of the molecule is O=Cc1cc(F)cc2cc[nH]c12.O=[N+]([O-])c1ccc(F)cc1CO. The Labute approximate surface area is 134 Å². The number of nitrogens with zero attached hydrogens (tertiary/aromatic N) is 1. The summed E-state index contributed by atoms with van der Waals surface area (Å²) in [5.41, 5.74) is 0.764. The van der Waals surface area contributed by atoms with Crippen molar-refractivity contribution in [2.45, 2.75) is 6.61 Å². The number of nitrogens with one attached hydrogen (secondary N) is 1. The Morgan fingerprint density at radius 2 is 1.92 bits per heavy atom. The van der Waals surface area contributed by atoms with E-state index in [0.717, 1.165) is 23.6 Å². The summed E-state index contributed by atoms with van der Waals surface area (Å²) < 4.78 is 25.3. The first-order valence-corrected chi connectivity index (χ1v) is 6.71. The summed E-state index contributed by atoms with van der Waals surface area (Å²) in [6.45, 7) is -0.534. The molecule has 3 aromatic rings. The van der Waals surface area contributed by atoms with Crippen LogP contribution in [0.3, 0.4) is 0 Å². The number of nitro benzene ring substituents is 1. The Hall–Kier alpha value is -3.13. The molecule has 0 spiro atoms. The van der Waals surface area contributed by atoms with Crippen LogP contribution in [0.2, 0.25) is 0 Å². The van der Waals surface area contributed by atoms with E-state index < -0.39 is 17.3 Å². The Kier molecular flexibility index (Phi) is 5.33. The lowest BCUT2D eigenvalue weighted by molar-refractivity contribution is -0.385. The van der Waals surface area contributed by atoms with E-state index in [1.807, 2.05) is 0 Å². The zero-order valence-corrected chi connectivity index (χ0v) is 12.2. The topological polar surface area (TPSA) is 96.2 Å². The van der Waals surface area contributed by atoms with Gasteiger partial charge in [0.05, 0.1) is 22.6 Å². The van der Waals surface area contributed by atoms with E-state index in [9.17, 15) is 23.7 Å². The van der Waals surface area contributed by atoms with Gasteiger partial charge in [0.25, 0.3) is 5.69 Å². The highest BCUT2D eigenvalue weighted by Gasteiger charge is 2.12. The van der Waals surface area contributed by atoms with Gasteiger partial charge in [0, 0.05) is 23.2 Å². The summed E-state index contributed by atoms with van der Waals surface area (Å²) in [4.78, 5) is 23.0. The van der Waals surface area contributed by atoms with Gasteiger partial charge < -0.3 is 10.1 Å². The van der Waals surface area contributed by atoms with Crippen LogP contribution >= 0.6 is 0 Å². The van der Waals surface area contributed by atoms with Crippen molar-refractivity contribution >= 4 is 22.9 Å². The van der Waals surface area contributed by atoms with Crippen LogP contribution in [0.25, 0.3) is 10.9 Å².